The van der Waals surface area contributed by atoms with E-state index in [1.165, 1.54) is 0 Å². The summed E-state index contributed by atoms with van der Waals surface area (Å²) in [7, 11) is 0. The van der Waals surface area contributed by atoms with Crippen LogP contribution >= 0.6 is 0 Å². The summed E-state index contributed by atoms with van der Waals surface area (Å²) in [6.07, 6.45) is 4.02. The number of carbonyl (C=O) groups is 1. The normalized spacial score (nSPS) is 43.8. The highest BCUT2D eigenvalue weighted by Crippen LogP contribution is 2.50. The molecule has 4 nitrogen and oxygen atoms in total. The summed E-state index contributed by atoms with van der Waals surface area (Å²) in [6.45, 7) is 8.59. The van der Waals surface area contributed by atoms with E-state index in [9.17, 15) is 9.90 Å². The molecular weight excluding hydrogens is 242 g/mol. The molecule has 3 fully saturated rings. The first-order valence-electron chi connectivity index (χ1n) is 7.42. The maximum absolute atomic E-state index is 11.4. The molecule has 108 valence electrons. The third kappa shape index (κ3) is 2.00. The summed E-state index contributed by atoms with van der Waals surface area (Å²) in [5.74, 6) is -0.786. The van der Waals surface area contributed by atoms with Crippen LogP contribution in [-0.4, -0.2) is 45.3 Å². The van der Waals surface area contributed by atoms with Crippen LogP contribution < -0.4 is 0 Å². The van der Waals surface area contributed by atoms with Gasteiger partial charge in [0.2, 0.25) is 0 Å². The van der Waals surface area contributed by atoms with E-state index < -0.39 is 5.97 Å². The topological polar surface area (TPSA) is 49.8 Å². The van der Waals surface area contributed by atoms with Crippen molar-refractivity contribution in [2.24, 2.45) is 5.92 Å². The molecule has 3 aliphatic rings. The fraction of sp³-hybridized carbons (Fsp3) is 0.933. The average molecular weight is 267 g/mol. The van der Waals surface area contributed by atoms with Crippen LogP contribution in [0.3, 0.4) is 0 Å². The molecule has 4 heteroatoms. The lowest BCUT2D eigenvalue weighted by Crippen LogP contribution is -2.49. The standard InChI is InChI=1S/C15H25NO3/c1-14(2)8-12(15(3,4)19-14)16-9-5-6-11(16)10(7-9)13(17)18/h9-12H,5-8H2,1-4H3,(H,17,18). The fourth-order valence-electron chi connectivity index (χ4n) is 4.78. The smallest absolute Gasteiger partial charge is 0.308 e. The lowest BCUT2D eigenvalue weighted by molar-refractivity contribution is -0.143. The molecule has 0 aromatic rings. The van der Waals surface area contributed by atoms with Crippen molar-refractivity contribution in [3.8, 4) is 0 Å². The highest BCUT2D eigenvalue weighted by molar-refractivity contribution is 5.71. The Morgan fingerprint density at radius 2 is 1.95 bits per heavy atom. The van der Waals surface area contributed by atoms with Gasteiger partial charge < -0.3 is 9.84 Å². The Kier molecular flexibility index (Phi) is 2.78. The molecule has 2 bridgehead atoms. The Bertz CT molecular complexity index is 404. The molecule has 0 aromatic carbocycles. The van der Waals surface area contributed by atoms with E-state index in [-0.39, 0.29) is 23.2 Å². The molecule has 4 atom stereocenters. The first-order chi connectivity index (χ1) is 8.71. The predicted octanol–water partition coefficient (Wildman–Crippen LogP) is 2.27. The molecule has 3 rings (SSSR count). The molecule has 0 aliphatic carbocycles. The van der Waals surface area contributed by atoms with Gasteiger partial charge >= 0.3 is 5.97 Å². The Labute approximate surface area is 115 Å². The molecule has 1 N–H and O–H groups in total. The minimum absolute atomic E-state index is 0.102. The van der Waals surface area contributed by atoms with Gasteiger partial charge in [-0.3, -0.25) is 9.69 Å². The Balaban J connectivity index is 1.86. The lowest BCUT2D eigenvalue weighted by atomic mass is 9.89. The lowest BCUT2D eigenvalue weighted by Gasteiger charge is -2.37. The number of aliphatic carboxylic acids is 1. The minimum Gasteiger partial charge on any atom is -0.481 e. The third-order valence-corrected chi connectivity index (χ3v) is 5.29. The molecule has 0 radical (unpaired) electrons. The van der Waals surface area contributed by atoms with Crippen molar-refractivity contribution >= 4 is 5.97 Å². The quantitative estimate of drug-likeness (QED) is 0.834. The first-order valence-corrected chi connectivity index (χ1v) is 7.42. The average Bonchev–Trinajstić information content (AvgIpc) is 2.86. The van der Waals surface area contributed by atoms with E-state index in [1.54, 1.807) is 0 Å². The van der Waals surface area contributed by atoms with Gasteiger partial charge in [0.15, 0.2) is 0 Å². The van der Waals surface area contributed by atoms with Crippen LogP contribution in [-0.2, 0) is 9.53 Å². The van der Waals surface area contributed by atoms with E-state index in [4.69, 9.17) is 4.74 Å². The molecular formula is C15H25NO3. The third-order valence-electron chi connectivity index (χ3n) is 5.29. The molecule has 3 saturated heterocycles. The molecule has 19 heavy (non-hydrogen) atoms. The van der Waals surface area contributed by atoms with E-state index in [2.05, 4.69) is 32.6 Å². The summed E-state index contributed by atoms with van der Waals surface area (Å²) in [5.41, 5.74) is -0.285. The predicted molar refractivity (Wildman–Crippen MR) is 72.0 cm³/mol. The van der Waals surface area contributed by atoms with Crippen LogP contribution in [0.1, 0.15) is 53.4 Å². The zero-order valence-electron chi connectivity index (χ0n) is 12.3. The van der Waals surface area contributed by atoms with E-state index in [0.29, 0.717) is 12.1 Å². The number of hydrogen-bond acceptors (Lipinski definition) is 3. The zero-order valence-corrected chi connectivity index (χ0v) is 12.3. The van der Waals surface area contributed by atoms with Crippen LogP contribution in [0.4, 0.5) is 0 Å². The summed E-state index contributed by atoms with van der Waals surface area (Å²) in [5, 5.41) is 9.37. The van der Waals surface area contributed by atoms with Gasteiger partial charge in [-0.1, -0.05) is 0 Å². The second-order valence-corrected chi connectivity index (χ2v) is 7.61. The van der Waals surface area contributed by atoms with Crippen LogP contribution in [0.2, 0.25) is 0 Å². The van der Waals surface area contributed by atoms with Crippen LogP contribution in [0.5, 0.6) is 0 Å². The maximum Gasteiger partial charge on any atom is 0.308 e. The molecule has 0 saturated carbocycles. The first kappa shape index (κ1) is 13.4. The second-order valence-electron chi connectivity index (χ2n) is 7.61. The van der Waals surface area contributed by atoms with Crippen LogP contribution in [0.15, 0.2) is 0 Å². The van der Waals surface area contributed by atoms with Crippen molar-refractivity contribution in [1.29, 1.82) is 0 Å². The van der Waals surface area contributed by atoms with Crippen LogP contribution in [0, 0.1) is 5.92 Å². The van der Waals surface area contributed by atoms with E-state index in [0.717, 1.165) is 25.7 Å². The largest absolute Gasteiger partial charge is 0.481 e. The van der Waals surface area contributed by atoms with Crippen molar-refractivity contribution in [3.63, 3.8) is 0 Å². The van der Waals surface area contributed by atoms with Crippen molar-refractivity contribution in [2.45, 2.75) is 82.7 Å². The number of carboxylic acid groups (broad SMARTS) is 1. The zero-order chi connectivity index (χ0) is 14.0. The molecule has 0 aromatic heterocycles. The van der Waals surface area contributed by atoms with Gasteiger partial charge in [-0.15, -0.1) is 0 Å². The summed E-state index contributed by atoms with van der Waals surface area (Å²) in [4.78, 5) is 13.9. The number of hydrogen-bond donors (Lipinski definition) is 1. The summed E-state index contributed by atoms with van der Waals surface area (Å²) in [6, 6.07) is 1.03. The van der Waals surface area contributed by atoms with Gasteiger partial charge in [-0.2, -0.15) is 0 Å². The SMILES string of the molecule is CC1(C)CC(N2C3CCC2C(C(=O)O)C3)C(C)(C)O1. The minimum atomic E-state index is -0.617. The molecule has 4 unspecified atom stereocenters. The Morgan fingerprint density at radius 1 is 1.26 bits per heavy atom. The number of rotatable bonds is 2. The number of carboxylic acids is 1. The van der Waals surface area contributed by atoms with Crippen LogP contribution in [0.25, 0.3) is 0 Å². The maximum atomic E-state index is 11.4. The molecule has 0 amide bonds. The van der Waals surface area contributed by atoms with Gasteiger partial charge in [0.05, 0.1) is 17.1 Å². The Hall–Kier alpha value is -0.610. The van der Waals surface area contributed by atoms with Crippen molar-refractivity contribution in [1.82, 2.24) is 4.90 Å². The van der Waals surface area contributed by atoms with Crippen molar-refractivity contribution < 1.29 is 14.6 Å². The highest BCUT2D eigenvalue weighted by atomic mass is 16.5. The number of nitrogens with zero attached hydrogens (tertiary/aromatic N) is 1. The van der Waals surface area contributed by atoms with Gasteiger partial charge in [0, 0.05) is 18.1 Å². The monoisotopic (exact) mass is 267 g/mol. The molecule has 0 spiro atoms. The second kappa shape index (κ2) is 3.95. The number of fused-ring (bicyclic) bond motifs is 2. The van der Waals surface area contributed by atoms with Gasteiger partial charge in [-0.05, 0) is 53.4 Å². The Morgan fingerprint density at radius 3 is 2.42 bits per heavy atom. The summed E-state index contributed by atoms with van der Waals surface area (Å²) >= 11 is 0. The summed E-state index contributed by atoms with van der Waals surface area (Å²) < 4.78 is 6.19. The fourth-order valence-corrected chi connectivity index (χ4v) is 4.78. The van der Waals surface area contributed by atoms with Crippen molar-refractivity contribution in [2.75, 3.05) is 0 Å². The van der Waals surface area contributed by atoms with E-state index in [1.807, 2.05) is 0 Å². The van der Waals surface area contributed by atoms with Gasteiger partial charge in [0.1, 0.15) is 0 Å². The molecule has 3 aliphatic heterocycles. The van der Waals surface area contributed by atoms with Crippen molar-refractivity contribution in [3.05, 3.63) is 0 Å². The highest BCUT2D eigenvalue weighted by Gasteiger charge is 2.58. The number of ether oxygens (including phenoxy) is 1. The molecule has 3 heterocycles. The van der Waals surface area contributed by atoms with Gasteiger partial charge in [0.25, 0.3) is 0 Å². The van der Waals surface area contributed by atoms with E-state index >= 15 is 0 Å². The van der Waals surface area contributed by atoms with Gasteiger partial charge in [-0.25, -0.2) is 0 Å².